The summed E-state index contributed by atoms with van der Waals surface area (Å²) >= 11 is 0. The molecule has 5 aromatic rings. The van der Waals surface area contributed by atoms with Crippen LogP contribution in [0.5, 0.6) is 17.2 Å². The molecule has 34 heavy (non-hydrogen) atoms. The molecule has 0 unspecified atom stereocenters. The molecule has 0 spiro atoms. The number of pyridine rings is 2. The van der Waals surface area contributed by atoms with Crippen molar-refractivity contribution in [2.24, 2.45) is 0 Å². The Hall–Kier alpha value is -3.59. The van der Waals surface area contributed by atoms with Crippen LogP contribution < -0.4 is 0 Å². The van der Waals surface area contributed by atoms with Crippen LogP contribution in [0.3, 0.4) is 0 Å². The molecule has 0 aliphatic carbocycles. The van der Waals surface area contributed by atoms with Gasteiger partial charge in [0.1, 0.15) is 28.3 Å². The van der Waals surface area contributed by atoms with Gasteiger partial charge in [0.05, 0.1) is 0 Å². The fraction of sp³-hybridized carbons (Fsp3) is 0.143. The number of hydrogen-bond acceptors (Lipinski definition) is 5. The van der Waals surface area contributed by atoms with E-state index in [1.54, 1.807) is 12.1 Å². The zero-order chi connectivity index (χ0) is 24.0. The van der Waals surface area contributed by atoms with Crippen LogP contribution in [-0.4, -0.2) is 42.6 Å². The van der Waals surface area contributed by atoms with Crippen molar-refractivity contribution in [2.45, 2.75) is 27.7 Å². The number of hydrogen-bond donors (Lipinski definition) is 3. The second-order valence-corrected chi connectivity index (χ2v) is 7.84. The normalized spacial score (nSPS) is 9.88. The number of aryl methyl sites for hydroxylation is 4. The quantitative estimate of drug-likeness (QED) is 0.239. The van der Waals surface area contributed by atoms with Crippen molar-refractivity contribution in [1.29, 1.82) is 0 Å². The molecular weight excluding hydrogens is 439 g/mol. The molecule has 171 valence electrons. The Morgan fingerprint density at radius 3 is 1.26 bits per heavy atom. The Morgan fingerprint density at radius 1 is 0.500 bits per heavy atom. The first-order valence-corrected chi connectivity index (χ1v) is 10.6. The van der Waals surface area contributed by atoms with Gasteiger partial charge in [-0.2, -0.15) is 0 Å². The van der Waals surface area contributed by atoms with Crippen molar-refractivity contribution >= 4 is 39.2 Å². The fourth-order valence-corrected chi connectivity index (χ4v) is 3.26. The third-order valence-corrected chi connectivity index (χ3v) is 5.12. The second kappa shape index (κ2) is 12.0. The van der Waals surface area contributed by atoms with E-state index in [1.807, 2.05) is 94.4 Å². The van der Waals surface area contributed by atoms with E-state index in [2.05, 4.69) is 9.97 Å². The van der Waals surface area contributed by atoms with Gasteiger partial charge in [0.2, 0.25) is 0 Å². The van der Waals surface area contributed by atoms with E-state index >= 15 is 0 Å². The predicted octanol–water partition coefficient (Wildman–Crippen LogP) is 6.13. The van der Waals surface area contributed by atoms with Crippen molar-refractivity contribution in [3.8, 4) is 17.2 Å². The summed E-state index contributed by atoms with van der Waals surface area (Å²) in [6.07, 6.45) is 0. The van der Waals surface area contributed by atoms with Crippen LogP contribution >= 0.6 is 0 Å². The summed E-state index contributed by atoms with van der Waals surface area (Å²) in [7, 11) is 0. The number of nitrogens with zero attached hydrogens (tertiary/aromatic N) is 2. The van der Waals surface area contributed by atoms with E-state index in [-0.39, 0.29) is 28.9 Å². The van der Waals surface area contributed by atoms with Crippen LogP contribution in [-0.2, 0) is 0 Å². The van der Waals surface area contributed by atoms with E-state index in [9.17, 15) is 15.3 Å². The third kappa shape index (κ3) is 6.71. The SMILES string of the molecule is Cc1ccc2cccc(O)c2n1.Cc1ccc2cccc(O)c2n1.Cc1cccc(C)c1O.[Al]. The van der Waals surface area contributed by atoms with Gasteiger partial charge in [-0.05, 0) is 63.1 Å². The first-order chi connectivity index (χ1) is 15.8. The van der Waals surface area contributed by atoms with Gasteiger partial charge >= 0.3 is 0 Å². The summed E-state index contributed by atoms with van der Waals surface area (Å²) in [5.41, 5.74) is 5.08. The van der Waals surface area contributed by atoms with E-state index in [1.165, 1.54) is 0 Å². The van der Waals surface area contributed by atoms with Crippen LogP contribution in [0.25, 0.3) is 21.8 Å². The maximum absolute atomic E-state index is 9.43. The average molecular weight is 468 g/mol. The summed E-state index contributed by atoms with van der Waals surface area (Å²) in [5, 5.41) is 30.0. The highest BCUT2D eigenvalue weighted by Gasteiger charge is 2.00. The standard InChI is InChI=1S/2C10H9NO.C8H10O.Al/c2*1-7-5-6-8-3-2-4-9(12)10(8)11-7;1-6-4-3-5-7(2)8(6)9;/h2*2-6,12H,1H3;3-5,9H,1-2H3;. The minimum Gasteiger partial charge on any atom is -0.507 e. The highest BCUT2D eigenvalue weighted by atomic mass is 27.0. The summed E-state index contributed by atoms with van der Waals surface area (Å²) in [6.45, 7) is 7.60. The zero-order valence-corrected chi connectivity index (χ0v) is 21.0. The molecule has 0 amide bonds. The Morgan fingerprint density at radius 2 is 0.882 bits per heavy atom. The summed E-state index contributed by atoms with van der Waals surface area (Å²) in [6, 6.07) is 24.3. The molecule has 0 saturated heterocycles. The summed E-state index contributed by atoms with van der Waals surface area (Å²) in [5.74, 6) is 0.907. The highest BCUT2D eigenvalue weighted by molar-refractivity contribution is 5.84. The number of benzene rings is 3. The maximum atomic E-state index is 9.43. The van der Waals surface area contributed by atoms with Crippen LogP contribution in [0.2, 0.25) is 0 Å². The minimum absolute atomic E-state index is 0. The van der Waals surface area contributed by atoms with Crippen LogP contribution in [0.4, 0.5) is 0 Å². The van der Waals surface area contributed by atoms with Crippen molar-refractivity contribution in [1.82, 2.24) is 9.97 Å². The molecule has 3 aromatic carbocycles. The minimum atomic E-state index is 0. The van der Waals surface area contributed by atoms with E-state index in [4.69, 9.17) is 0 Å². The van der Waals surface area contributed by atoms with Gasteiger partial charge < -0.3 is 15.3 Å². The lowest BCUT2D eigenvalue weighted by molar-refractivity contribution is 0.467. The van der Waals surface area contributed by atoms with Gasteiger partial charge in [0.15, 0.2) is 0 Å². The molecule has 0 saturated carbocycles. The summed E-state index contributed by atoms with van der Waals surface area (Å²) < 4.78 is 0. The fourth-order valence-electron chi connectivity index (χ4n) is 3.26. The molecule has 2 aromatic heterocycles. The van der Waals surface area contributed by atoms with Crippen LogP contribution in [0, 0.1) is 27.7 Å². The average Bonchev–Trinajstić information content (AvgIpc) is 2.80. The predicted molar refractivity (Wildman–Crippen MR) is 140 cm³/mol. The van der Waals surface area contributed by atoms with Gasteiger partial charge in [-0.1, -0.05) is 54.6 Å². The molecule has 5 rings (SSSR count). The Labute approximate surface area is 210 Å². The van der Waals surface area contributed by atoms with Crippen molar-refractivity contribution < 1.29 is 15.3 Å². The van der Waals surface area contributed by atoms with Crippen LogP contribution in [0.15, 0.2) is 78.9 Å². The molecule has 3 radical (unpaired) electrons. The second-order valence-electron chi connectivity index (χ2n) is 7.84. The van der Waals surface area contributed by atoms with Crippen molar-refractivity contribution in [3.05, 3.63) is 101 Å². The maximum Gasteiger partial charge on any atom is 0.141 e. The highest BCUT2D eigenvalue weighted by Crippen LogP contribution is 2.23. The lowest BCUT2D eigenvalue weighted by Crippen LogP contribution is -1.82. The number of aromatic nitrogens is 2. The van der Waals surface area contributed by atoms with Crippen LogP contribution in [0.1, 0.15) is 22.5 Å². The summed E-state index contributed by atoms with van der Waals surface area (Å²) in [4.78, 5) is 8.45. The lowest BCUT2D eigenvalue weighted by Gasteiger charge is -1.99. The monoisotopic (exact) mass is 467 g/mol. The Kier molecular flexibility index (Phi) is 9.44. The van der Waals surface area contributed by atoms with Gasteiger partial charge in [-0.15, -0.1) is 0 Å². The molecular formula is C28H28AlN2O3. The molecule has 0 aliphatic heterocycles. The van der Waals surface area contributed by atoms with E-state index < -0.39 is 0 Å². The smallest absolute Gasteiger partial charge is 0.141 e. The molecule has 5 nitrogen and oxygen atoms in total. The van der Waals surface area contributed by atoms with Gasteiger partial charge in [-0.3, -0.25) is 0 Å². The van der Waals surface area contributed by atoms with E-state index in [0.717, 1.165) is 33.3 Å². The zero-order valence-electron chi connectivity index (χ0n) is 19.8. The largest absolute Gasteiger partial charge is 0.507 e. The third-order valence-electron chi connectivity index (χ3n) is 5.12. The molecule has 2 heterocycles. The number of para-hydroxylation sites is 3. The number of phenolic OH excluding ortho intramolecular Hbond substituents is 3. The number of rotatable bonds is 0. The lowest BCUT2D eigenvalue weighted by atomic mass is 10.1. The number of phenols is 3. The van der Waals surface area contributed by atoms with Gasteiger partial charge in [-0.25, -0.2) is 9.97 Å². The van der Waals surface area contributed by atoms with Gasteiger partial charge in [0.25, 0.3) is 0 Å². The van der Waals surface area contributed by atoms with Crippen molar-refractivity contribution in [3.63, 3.8) is 0 Å². The molecule has 3 N–H and O–H groups in total. The molecule has 0 atom stereocenters. The van der Waals surface area contributed by atoms with E-state index in [0.29, 0.717) is 16.8 Å². The first-order valence-electron chi connectivity index (χ1n) is 10.6. The number of aromatic hydroxyl groups is 3. The number of fused-ring (bicyclic) bond motifs is 2. The first kappa shape index (κ1) is 26.7. The molecule has 0 bridgehead atoms. The Bertz CT molecular complexity index is 1300. The van der Waals surface area contributed by atoms with Crippen molar-refractivity contribution in [2.75, 3.05) is 0 Å². The molecule has 0 fully saturated rings. The molecule has 6 heteroatoms. The molecule has 0 aliphatic rings. The van der Waals surface area contributed by atoms with Gasteiger partial charge in [0, 0.05) is 39.5 Å². The topological polar surface area (TPSA) is 86.5 Å². The Balaban J connectivity index is 0.000000180.